The summed E-state index contributed by atoms with van der Waals surface area (Å²) in [6.07, 6.45) is 3.45. The highest BCUT2D eigenvalue weighted by Gasteiger charge is 2.23. The van der Waals surface area contributed by atoms with E-state index < -0.39 is 0 Å². The van der Waals surface area contributed by atoms with Crippen molar-refractivity contribution >= 4 is 5.91 Å². The summed E-state index contributed by atoms with van der Waals surface area (Å²) in [5, 5.41) is 5.07. The number of aromatic nitrogens is 1. The third kappa shape index (κ3) is 2.02. The third-order valence-electron chi connectivity index (χ3n) is 2.72. The fourth-order valence-electron chi connectivity index (χ4n) is 1.80. The van der Waals surface area contributed by atoms with Crippen LogP contribution in [0.1, 0.15) is 23.3 Å². The van der Waals surface area contributed by atoms with Crippen molar-refractivity contribution in [3.05, 3.63) is 30.2 Å². The van der Waals surface area contributed by atoms with E-state index >= 15 is 0 Å². The van der Waals surface area contributed by atoms with Crippen LogP contribution in [0, 0.1) is 0 Å². The number of hydroxylamine groups is 2. The second-order valence-corrected chi connectivity index (χ2v) is 4.00. The Hall–Kier alpha value is -2.08. The molecule has 1 fully saturated rings. The minimum absolute atomic E-state index is 0.225. The highest BCUT2D eigenvalue weighted by atomic mass is 16.7. The van der Waals surface area contributed by atoms with E-state index in [4.69, 9.17) is 13.8 Å². The Morgan fingerprint density at radius 1 is 1.33 bits per heavy atom. The van der Waals surface area contributed by atoms with Crippen molar-refractivity contribution in [1.82, 2.24) is 10.2 Å². The first-order valence-corrected chi connectivity index (χ1v) is 5.80. The zero-order chi connectivity index (χ0) is 12.4. The molecule has 0 aromatic carbocycles. The molecule has 1 aliphatic heterocycles. The van der Waals surface area contributed by atoms with Gasteiger partial charge in [0.25, 0.3) is 5.91 Å². The average molecular weight is 248 g/mol. The Labute approximate surface area is 103 Å². The van der Waals surface area contributed by atoms with Gasteiger partial charge in [0.05, 0.1) is 12.9 Å². The van der Waals surface area contributed by atoms with E-state index in [9.17, 15) is 4.79 Å². The number of nitrogens with zero attached hydrogens (tertiary/aromatic N) is 2. The van der Waals surface area contributed by atoms with Crippen LogP contribution in [0.25, 0.3) is 11.5 Å². The van der Waals surface area contributed by atoms with Crippen molar-refractivity contribution in [2.24, 2.45) is 0 Å². The molecular weight excluding hydrogens is 236 g/mol. The van der Waals surface area contributed by atoms with E-state index in [1.165, 1.54) is 11.3 Å². The summed E-state index contributed by atoms with van der Waals surface area (Å²) in [7, 11) is 0. The van der Waals surface area contributed by atoms with Crippen LogP contribution in [0.2, 0.25) is 0 Å². The number of hydrogen-bond donors (Lipinski definition) is 0. The number of carbonyl (C=O) groups excluding carboxylic acids is 1. The Balaban J connectivity index is 1.78. The molecule has 0 aliphatic carbocycles. The predicted octanol–water partition coefficient (Wildman–Crippen LogP) is 2.10. The molecule has 1 aliphatic rings. The summed E-state index contributed by atoms with van der Waals surface area (Å²) in [6, 6.07) is 5.04. The molecule has 0 spiro atoms. The maximum atomic E-state index is 12.0. The van der Waals surface area contributed by atoms with Crippen molar-refractivity contribution in [3.8, 4) is 11.5 Å². The Kier molecular flexibility index (Phi) is 2.85. The standard InChI is InChI=1S/C12H12N2O4/c15-12(14-5-1-2-7-17-14)9-8-11(18-13-9)10-4-3-6-16-10/h3-4,6,8H,1-2,5,7H2. The zero-order valence-corrected chi connectivity index (χ0v) is 9.67. The number of hydrogen-bond acceptors (Lipinski definition) is 5. The van der Waals surface area contributed by atoms with Crippen molar-refractivity contribution in [2.45, 2.75) is 12.8 Å². The molecule has 6 heteroatoms. The van der Waals surface area contributed by atoms with Gasteiger partial charge in [-0.3, -0.25) is 9.63 Å². The molecule has 6 nitrogen and oxygen atoms in total. The van der Waals surface area contributed by atoms with Crippen LogP contribution in [0.3, 0.4) is 0 Å². The minimum atomic E-state index is -0.281. The van der Waals surface area contributed by atoms with Gasteiger partial charge in [-0.05, 0) is 25.0 Å². The van der Waals surface area contributed by atoms with Gasteiger partial charge in [-0.2, -0.15) is 0 Å². The van der Waals surface area contributed by atoms with E-state index in [1.807, 2.05) is 0 Å². The van der Waals surface area contributed by atoms with Crippen LogP contribution < -0.4 is 0 Å². The second-order valence-electron chi connectivity index (χ2n) is 4.00. The van der Waals surface area contributed by atoms with Crippen LogP contribution in [0.4, 0.5) is 0 Å². The normalized spacial score (nSPS) is 15.9. The first-order valence-electron chi connectivity index (χ1n) is 5.80. The first-order chi connectivity index (χ1) is 8.84. The molecule has 3 rings (SSSR count). The van der Waals surface area contributed by atoms with Gasteiger partial charge in [0.15, 0.2) is 11.5 Å². The van der Waals surface area contributed by atoms with Gasteiger partial charge < -0.3 is 8.94 Å². The van der Waals surface area contributed by atoms with Crippen LogP contribution in [-0.2, 0) is 4.84 Å². The van der Waals surface area contributed by atoms with Crippen molar-refractivity contribution in [2.75, 3.05) is 13.2 Å². The van der Waals surface area contributed by atoms with Crippen molar-refractivity contribution in [1.29, 1.82) is 0 Å². The summed E-state index contributed by atoms with van der Waals surface area (Å²) >= 11 is 0. The van der Waals surface area contributed by atoms with E-state index in [0.29, 0.717) is 24.7 Å². The summed E-state index contributed by atoms with van der Waals surface area (Å²) < 4.78 is 10.2. The monoisotopic (exact) mass is 248 g/mol. The lowest BCUT2D eigenvalue weighted by Gasteiger charge is -2.24. The molecule has 1 amide bonds. The summed E-state index contributed by atoms with van der Waals surface area (Å²) in [4.78, 5) is 17.3. The molecule has 3 heterocycles. The molecule has 0 radical (unpaired) electrons. The maximum Gasteiger partial charge on any atom is 0.299 e. The smallest absolute Gasteiger partial charge is 0.299 e. The Bertz CT molecular complexity index is 526. The third-order valence-corrected chi connectivity index (χ3v) is 2.72. The van der Waals surface area contributed by atoms with Gasteiger partial charge in [0, 0.05) is 12.6 Å². The fourth-order valence-corrected chi connectivity index (χ4v) is 1.80. The lowest BCUT2D eigenvalue weighted by atomic mass is 10.2. The van der Waals surface area contributed by atoms with Crippen LogP contribution in [-0.4, -0.2) is 29.3 Å². The quantitative estimate of drug-likeness (QED) is 0.814. The molecular formula is C12H12N2O4. The number of amides is 1. The first kappa shape index (κ1) is 11.0. The SMILES string of the molecule is O=C(c1cc(-c2ccco2)on1)N1CCCCO1. The van der Waals surface area contributed by atoms with Gasteiger partial charge in [-0.15, -0.1) is 0 Å². The van der Waals surface area contributed by atoms with Crippen molar-refractivity contribution < 1.29 is 18.6 Å². The maximum absolute atomic E-state index is 12.0. The van der Waals surface area contributed by atoms with Crippen LogP contribution >= 0.6 is 0 Å². The lowest BCUT2D eigenvalue weighted by Crippen LogP contribution is -2.35. The lowest BCUT2D eigenvalue weighted by molar-refractivity contribution is -0.144. The van der Waals surface area contributed by atoms with Gasteiger partial charge >= 0.3 is 0 Å². The van der Waals surface area contributed by atoms with Gasteiger partial charge in [0.1, 0.15) is 0 Å². The molecule has 1 saturated heterocycles. The second kappa shape index (κ2) is 4.66. The minimum Gasteiger partial charge on any atom is -0.461 e. The Morgan fingerprint density at radius 2 is 2.28 bits per heavy atom. The molecule has 0 bridgehead atoms. The molecule has 2 aromatic heterocycles. The highest BCUT2D eigenvalue weighted by molar-refractivity contribution is 5.92. The van der Waals surface area contributed by atoms with Gasteiger partial charge in [-0.25, -0.2) is 5.06 Å². The number of carbonyl (C=O) groups is 1. The van der Waals surface area contributed by atoms with Gasteiger partial charge in [0.2, 0.25) is 5.76 Å². The summed E-state index contributed by atoms with van der Waals surface area (Å²) in [5.74, 6) is 0.692. The zero-order valence-electron chi connectivity index (χ0n) is 9.67. The van der Waals surface area contributed by atoms with Crippen LogP contribution in [0.15, 0.2) is 33.4 Å². The number of furan rings is 1. The molecule has 2 aromatic rings. The van der Waals surface area contributed by atoms with E-state index in [1.54, 1.807) is 18.2 Å². The molecule has 0 saturated carbocycles. The summed E-state index contributed by atoms with van der Waals surface area (Å²) in [5.41, 5.74) is 0.225. The Morgan fingerprint density at radius 3 is 3.00 bits per heavy atom. The van der Waals surface area contributed by atoms with Crippen LogP contribution in [0.5, 0.6) is 0 Å². The van der Waals surface area contributed by atoms with E-state index in [0.717, 1.165) is 12.8 Å². The molecule has 0 atom stereocenters. The fraction of sp³-hybridized carbons (Fsp3) is 0.333. The molecule has 0 unspecified atom stereocenters. The van der Waals surface area contributed by atoms with Gasteiger partial charge in [-0.1, -0.05) is 5.16 Å². The van der Waals surface area contributed by atoms with E-state index in [2.05, 4.69) is 5.16 Å². The molecule has 18 heavy (non-hydrogen) atoms. The number of rotatable bonds is 2. The largest absolute Gasteiger partial charge is 0.461 e. The molecule has 0 N–H and O–H groups in total. The average Bonchev–Trinajstić information content (AvgIpc) is 3.09. The topological polar surface area (TPSA) is 68.7 Å². The van der Waals surface area contributed by atoms with E-state index in [-0.39, 0.29) is 11.6 Å². The summed E-state index contributed by atoms with van der Waals surface area (Å²) in [6.45, 7) is 1.15. The predicted molar refractivity (Wildman–Crippen MR) is 60.4 cm³/mol. The molecule has 94 valence electrons. The highest BCUT2D eigenvalue weighted by Crippen LogP contribution is 2.21. The van der Waals surface area contributed by atoms with Crippen molar-refractivity contribution in [3.63, 3.8) is 0 Å².